The van der Waals surface area contributed by atoms with Crippen molar-refractivity contribution in [3.8, 4) is 0 Å². The van der Waals surface area contributed by atoms with Crippen molar-refractivity contribution in [2.75, 3.05) is 13.1 Å². The zero-order valence-electron chi connectivity index (χ0n) is 11.7. The largest absolute Gasteiger partial charge is 0.481 e. The molecule has 6 nitrogen and oxygen atoms in total. The topological polar surface area (TPSA) is 74.9 Å². The highest BCUT2D eigenvalue weighted by Gasteiger charge is 2.21. The van der Waals surface area contributed by atoms with Gasteiger partial charge in [0.2, 0.25) is 0 Å². The molecule has 0 radical (unpaired) electrons. The third-order valence-corrected chi connectivity index (χ3v) is 4.33. The van der Waals surface area contributed by atoms with E-state index in [1.165, 1.54) is 11.3 Å². The summed E-state index contributed by atoms with van der Waals surface area (Å²) in [5.74, 6) is -0.907. The maximum absolute atomic E-state index is 12.4. The Morgan fingerprint density at radius 1 is 1.40 bits per heavy atom. The molecule has 0 aliphatic carbocycles. The number of carbonyl (C=O) groups excluding carboxylic acids is 1. The van der Waals surface area contributed by atoms with Gasteiger partial charge in [-0.3, -0.25) is 14.0 Å². The highest BCUT2D eigenvalue weighted by molar-refractivity contribution is 7.19. The summed E-state index contributed by atoms with van der Waals surface area (Å²) in [7, 11) is 0. The van der Waals surface area contributed by atoms with E-state index in [0.29, 0.717) is 28.6 Å². The second-order valence-electron chi connectivity index (χ2n) is 4.45. The lowest BCUT2D eigenvalue weighted by molar-refractivity contribution is -0.136. The van der Waals surface area contributed by atoms with E-state index >= 15 is 0 Å². The van der Waals surface area contributed by atoms with Gasteiger partial charge in [-0.1, -0.05) is 11.3 Å². The molecule has 1 amide bonds. The average molecular weight is 295 g/mol. The number of carboxylic acid groups (broad SMARTS) is 1. The van der Waals surface area contributed by atoms with Gasteiger partial charge < -0.3 is 10.0 Å². The highest BCUT2D eigenvalue weighted by Crippen LogP contribution is 2.24. The molecule has 2 aromatic rings. The number of amides is 1. The summed E-state index contributed by atoms with van der Waals surface area (Å²) in [6, 6.07) is 0. The van der Waals surface area contributed by atoms with Gasteiger partial charge in [0.1, 0.15) is 4.88 Å². The van der Waals surface area contributed by atoms with Crippen molar-refractivity contribution in [1.29, 1.82) is 0 Å². The molecule has 20 heavy (non-hydrogen) atoms. The number of fused-ring (bicyclic) bond motifs is 1. The number of aliphatic carboxylic acids is 1. The van der Waals surface area contributed by atoms with Crippen LogP contribution in [0.25, 0.3) is 4.96 Å². The number of aryl methyl sites for hydroxylation is 1. The van der Waals surface area contributed by atoms with Crippen LogP contribution in [0, 0.1) is 6.92 Å². The van der Waals surface area contributed by atoms with Crippen molar-refractivity contribution in [3.05, 3.63) is 22.5 Å². The normalized spacial score (nSPS) is 10.9. The van der Waals surface area contributed by atoms with Crippen LogP contribution < -0.4 is 0 Å². The quantitative estimate of drug-likeness (QED) is 0.913. The first kappa shape index (κ1) is 14.5. The Morgan fingerprint density at radius 2 is 2.05 bits per heavy atom. The van der Waals surface area contributed by atoms with Gasteiger partial charge >= 0.3 is 5.97 Å². The lowest BCUT2D eigenvalue weighted by Crippen LogP contribution is -2.30. The van der Waals surface area contributed by atoms with Gasteiger partial charge in [-0.05, 0) is 20.8 Å². The van der Waals surface area contributed by atoms with E-state index in [1.54, 1.807) is 15.5 Å². The third kappa shape index (κ3) is 2.53. The number of carboxylic acids is 1. The van der Waals surface area contributed by atoms with E-state index in [-0.39, 0.29) is 12.3 Å². The van der Waals surface area contributed by atoms with Crippen LogP contribution in [0.3, 0.4) is 0 Å². The Labute approximate surface area is 120 Å². The first-order chi connectivity index (χ1) is 9.47. The average Bonchev–Trinajstić information content (AvgIpc) is 2.90. The number of carbonyl (C=O) groups is 2. The molecule has 0 unspecified atom stereocenters. The lowest BCUT2D eigenvalue weighted by atomic mass is 10.3. The Balaban J connectivity index is 2.38. The number of rotatable bonds is 5. The molecular formula is C13H17N3O3S. The molecule has 0 atom stereocenters. The summed E-state index contributed by atoms with van der Waals surface area (Å²) in [4.78, 5) is 30.4. The molecule has 1 N–H and O–H groups in total. The van der Waals surface area contributed by atoms with Crippen LogP contribution in [0.2, 0.25) is 0 Å². The Hall–Kier alpha value is -1.89. The fraction of sp³-hybridized carbons (Fsp3) is 0.462. The van der Waals surface area contributed by atoms with Crippen molar-refractivity contribution in [2.24, 2.45) is 0 Å². The molecule has 0 aliphatic heterocycles. The molecule has 108 valence electrons. The van der Waals surface area contributed by atoms with Crippen molar-refractivity contribution in [2.45, 2.75) is 27.2 Å². The van der Waals surface area contributed by atoms with Gasteiger partial charge in [0.05, 0.1) is 12.1 Å². The number of hydrogen-bond donors (Lipinski definition) is 1. The second-order valence-corrected chi connectivity index (χ2v) is 5.43. The Bertz CT molecular complexity index is 655. The van der Waals surface area contributed by atoms with Crippen LogP contribution >= 0.6 is 11.3 Å². The fourth-order valence-corrected chi connectivity index (χ4v) is 3.19. The maximum Gasteiger partial charge on any atom is 0.309 e. The Kier molecular flexibility index (Phi) is 4.08. The van der Waals surface area contributed by atoms with Crippen LogP contribution in [0.1, 0.15) is 34.9 Å². The molecule has 0 saturated carbocycles. The molecule has 2 aromatic heterocycles. The SMILES string of the molecule is CCN(CC)C(=O)c1sc2nc(CC(=O)O)cn2c1C. The van der Waals surface area contributed by atoms with Gasteiger partial charge in [0, 0.05) is 25.0 Å². The van der Waals surface area contributed by atoms with Gasteiger partial charge in [0.25, 0.3) is 5.91 Å². The van der Waals surface area contributed by atoms with Crippen LogP contribution in [0.15, 0.2) is 6.20 Å². The van der Waals surface area contributed by atoms with E-state index in [2.05, 4.69) is 4.98 Å². The van der Waals surface area contributed by atoms with E-state index in [9.17, 15) is 9.59 Å². The zero-order chi connectivity index (χ0) is 14.9. The molecule has 7 heteroatoms. The van der Waals surface area contributed by atoms with Crippen LogP contribution in [-0.4, -0.2) is 44.4 Å². The van der Waals surface area contributed by atoms with Crippen molar-refractivity contribution < 1.29 is 14.7 Å². The molecule has 0 fully saturated rings. The van der Waals surface area contributed by atoms with Crippen LogP contribution in [-0.2, 0) is 11.2 Å². The molecular weight excluding hydrogens is 278 g/mol. The highest BCUT2D eigenvalue weighted by atomic mass is 32.1. The van der Waals surface area contributed by atoms with E-state index < -0.39 is 5.97 Å². The summed E-state index contributed by atoms with van der Waals surface area (Å²) < 4.78 is 1.79. The summed E-state index contributed by atoms with van der Waals surface area (Å²) in [5.41, 5.74) is 1.32. The van der Waals surface area contributed by atoms with Crippen LogP contribution in [0.4, 0.5) is 0 Å². The number of imidazole rings is 1. The monoisotopic (exact) mass is 295 g/mol. The number of thiazole rings is 1. The van der Waals surface area contributed by atoms with Gasteiger partial charge in [0.15, 0.2) is 4.96 Å². The summed E-state index contributed by atoms with van der Waals surface area (Å²) >= 11 is 1.31. The van der Waals surface area contributed by atoms with Gasteiger partial charge in [-0.2, -0.15) is 0 Å². The molecule has 0 spiro atoms. The van der Waals surface area contributed by atoms with Gasteiger partial charge in [-0.15, -0.1) is 0 Å². The predicted molar refractivity (Wildman–Crippen MR) is 76.4 cm³/mol. The first-order valence-corrected chi connectivity index (χ1v) is 7.28. The summed E-state index contributed by atoms with van der Waals surface area (Å²) in [6.07, 6.45) is 1.58. The van der Waals surface area contributed by atoms with Crippen molar-refractivity contribution in [3.63, 3.8) is 0 Å². The zero-order valence-corrected chi connectivity index (χ0v) is 12.5. The van der Waals surface area contributed by atoms with Gasteiger partial charge in [-0.25, -0.2) is 4.98 Å². The minimum Gasteiger partial charge on any atom is -0.481 e. The molecule has 0 saturated heterocycles. The third-order valence-electron chi connectivity index (χ3n) is 3.18. The summed E-state index contributed by atoms with van der Waals surface area (Å²) in [5, 5.41) is 8.77. The van der Waals surface area contributed by atoms with E-state index in [1.807, 2.05) is 20.8 Å². The second kappa shape index (κ2) is 5.62. The number of hydrogen-bond acceptors (Lipinski definition) is 4. The fourth-order valence-electron chi connectivity index (χ4n) is 2.09. The van der Waals surface area contributed by atoms with E-state index in [0.717, 1.165) is 5.69 Å². The Morgan fingerprint density at radius 3 is 2.55 bits per heavy atom. The first-order valence-electron chi connectivity index (χ1n) is 6.46. The standard InChI is InChI=1S/C13H17N3O3S/c1-4-15(5-2)12(19)11-8(3)16-7-9(6-10(17)18)14-13(16)20-11/h7H,4-6H2,1-3H3,(H,17,18). The molecule has 2 rings (SSSR count). The molecule has 0 aromatic carbocycles. The van der Waals surface area contributed by atoms with E-state index in [4.69, 9.17) is 5.11 Å². The lowest BCUT2D eigenvalue weighted by Gasteiger charge is -2.17. The van der Waals surface area contributed by atoms with Crippen molar-refractivity contribution in [1.82, 2.24) is 14.3 Å². The molecule has 2 heterocycles. The molecule has 0 bridgehead atoms. The maximum atomic E-state index is 12.4. The minimum atomic E-state index is -0.909. The molecule has 0 aliphatic rings. The van der Waals surface area contributed by atoms with Crippen LogP contribution in [0.5, 0.6) is 0 Å². The number of aromatic nitrogens is 2. The predicted octanol–water partition coefficient (Wildman–Crippen LogP) is 1.81. The van der Waals surface area contributed by atoms with Crippen molar-refractivity contribution >= 4 is 28.2 Å². The number of nitrogens with zero attached hydrogens (tertiary/aromatic N) is 3. The minimum absolute atomic E-state index is 0.00258. The smallest absolute Gasteiger partial charge is 0.309 e. The summed E-state index contributed by atoms with van der Waals surface area (Å²) in [6.45, 7) is 7.08.